The summed E-state index contributed by atoms with van der Waals surface area (Å²) in [6.45, 7) is -0.265. The van der Waals surface area contributed by atoms with Crippen molar-refractivity contribution in [2.24, 2.45) is 0 Å². The lowest BCUT2D eigenvalue weighted by Crippen LogP contribution is -2.57. The molecule has 1 heterocycles. The molecule has 0 aliphatic carbocycles. The third-order valence-corrected chi connectivity index (χ3v) is 7.05. The number of methoxy groups -OCH3 is 1. The van der Waals surface area contributed by atoms with Crippen LogP contribution in [-0.4, -0.2) is 37.5 Å². The first-order valence-electron chi connectivity index (χ1n) is 12.8. The van der Waals surface area contributed by atoms with Crippen LogP contribution in [0.3, 0.4) is 0 Å². The molecule has 9 nitrogen and oxygen atoms in total. The highest BCUT2D eigenvalue weighted by Gasteiger charge is 2.43. The van der Waals surface area contributed by atoms with Gasteiger partial charge in [0.05, 0.1) is 22.1 Å². The van der Waals surface area contributed by atoms with E-state index in [4.69, 9.17) is 9.47 Å². The monoisotopic (exact) mass is 673 g/mol. The number of halogens is 1. The standard InChI is InChI=1S/C32H24IN3O6/c1-41-27-19-21(18-26(33)29(27)42-20-28(37)34-22-11-5-2-6-12-22)17-25-30(38)35(23-13-7-3-8-14-23)32(40)36(31(25)39)24-15-9-4-10-16-24/h2-19H,20H2,1H3,(H,34,37). The van der Waals surface area contributed by atoms with Crippen LogP contribution >= 0.6 is 22.6 Å². The number of benzene rings is 4. The Morgan fingerprint density at radius 1 is 0.810 bits per heavy atom. The van der Waals surface area contributed by atoms with E-state index in [1.807, 2.05) is 40.8 Å². The Morgan fingerprint density at radius 3 is 1.86 bits per heavy atom. The number of nitrogens with one attached hydrogen (secondary N) is 1. The highest BCUT2D eigenvalue weighted by atomic mass is 127. The van der Waals surface area contributed by atoms with Crippen molar-refractivity contribution >= 4 is 69.5 Å². The summed E-state index contributed by atoms with van der Waals surface area (Å²) in [4.78, 5) is 55.2. The third kappa shape index (κ3) is 6.03. The van der Waals surface area contributed by atoms with Gasteiger partial charge in [0.2, 0.25) is 0 Å². The molecule has 4 aromatic carbocycles. The Bertz CT molecular complexity index is 1610. The van der Waals surface area contributed by atoms with Crippen LogP contribution in [0.25, 0.3) is 6.08 Å². The molecule has 1 aliphatic heterocycles. The third-order valence-electron chi connectivity index (χ3n) is 6.25. The van der Waals surface area contributed by atoms with Crippen LogP contribution in [0.4, 0.5) is 21.9 Å². The molecule has 1 aliphatic rings. The number of amides is 5. The summed E-state index contributed by atoms with van der Waals surface area (Å²) in [5, 5.41) is 2.75. The van der Waals surface area contributed by atoms with Gasteiger partial charge in [-0.3, -0.25) is 14.4 Å². The quantitative estimate of drug-likeness (QED) is 0.142. The van der Waals surface area contributed by atoms with E-state index in [1.165, 1.54) is 13.2 Å². The molecule has 210 valence electrons. The molecular weight excluding hydrogens is 649 g/mol. The second-order valence-corrected chi connectivity index (χ2v) is 10.2. The minimum Gasteiger partial charge on any atom is -0.493 e. The number of carbonyl (C=O) groups is 4. The number of anilines is 3. The zero-order valence-electron chi connectivity index (χ0n) is 22.3. The number of barbiturate groups is 1. The molecule has 5 amide bonds. The van der Waals surface area contributed by atoms with Crippen molar-refractivity contribution in [2.45, 2.75) is 0 Å². The highest BCUT2D eigenvalue weighted by molar-refractivity contribution is 14.1. The lowest BCUT2D eigenvalue weighted by atomic mass is 10.0. The fraction of sp³-hybridized carbons (Fsp3) is 0.0625. The SMILES string of the molecule is COc1cc(C=C2C(=O)N(c3ccccc3)C(=O)N(c3ccccc3)C2=O)cc(I)c1OCC(=O)Nc1ccccc1. The maximum atomic E-state index is 13.6. The zero-order valence-corrected chi connectivity index (χ0v) is 24.5. The van der Waals surface area contributed by atoms with Crippen LogP contribution < -0.4 is 24.6 Å². The van der Waals surface area contributed by atoms with E-state index in [0.29, 0.717) is 37.7 Å². The first kappa shape index (κ1) is 28.6. The predicted molar refractivity (Wildman–Crippen MR) is 168 cm³/mol. The van der Waals surface area contributed by atoms with Gasteiger partial charge in [-0.15, -0.1) is 0 Å². The molecule has 1 N–H and O–H groups in total. The molecule has 0 saturated carbocycles. The molecule has 0 unspecified atom stereocenters. The number of urea groups is 1. The van der Waals surface area contributed by atoms with Crippen molar-refractivity contribution < 1.29 is 28.7 Å². The maximum Gasteiger partial charge on any atom is 0.343 e. The molecule has 5 rings (SSSR count). The summed E-state index contributed by atoms with van der Waals surface area (Å²) in [5.74, 6) is -1.23. The molecule has 0 aromatic heterocycles. The van der Waals surface area contributed by atoms with Crippen LogP contribution in [0.1, 0.15) is 5.56 Å². The van der Waals surface area contributed by atoms with Crippen molar-refractivity contribution in [3.63, 3.8) is 0 Å². The maximum absolute atomic E-state index is 13.6. The van der Waals surface area contributed by atoms with Gasteiger partial charge in [-0.25, -0.2) is 14.6 Å². The van der Waals surface area contributed by atoms with Gasteiger partial charge in [0.25, 0.3) is 17.7 Å². The van der Waals surface area contributed by atoms with E-state index in [-0.39, 0.29) is 18.1 Å². The molecule has 1 fully saturated rings. The number of hydrogen-bond donors (Lipinski definition) is 1. The van der Waals surface area contributed by atoms with Crippen LogP contribution in [0.15, 0.2) is 109 Å². The Balaban J connectivity index is 1.47. The smallest absolute Gasteiger partial charge is 0.343 e. The van der Waals surface area contributed by atoms with Crippen LogP contribution in [0.2, 0.25) is 0 Å². The molecule has 0 bridgehead atoms. The summed E-state index contributed by atoms with van der Waals surface area (Å²) >= 11 is 2.03. The van der Waals surface area contributed by atoms with Gasteiger partial charge >= 0.3 is 6.03 Å². The van der Waals surface area contributed by atoms with Crippen molar-refractivity contribution in [1.29, 1.82) is 0 Å². The van der Waals surface area contributed by atoms with Crippen molar-refractivity contribution in [2.75, 3.05) is 28.8 Å². The summed E-state index contributed by atoms with van der Waals surface area (Å²) in [7, 11) is 1.45. The number of hydrogen-bond acceptors (Lipinski definition) is 6. The summed E-state index contributed by atoms with van der Waals surface area (Å²) < 4.78 is 11.9. The van der Waals surface area contributed by atoms with Gasteiger partial charge < -0.3 is 14.8 Å². The Labute approximate surface area is 255 Å². The molecule has 4 aromatic rings. The minimum absolute atomic E-state index is 0.212. The fourth-order valence-corrected chi connectivity index (χ4v) is 5.11. The average molecular weight is 673 g/mol. The van der Waals surface area contributed by atoms with E-state index in [0.717, 1.165) is 9.80 Å². The van der Waals surface area contributed by atoms with E-state index >= 15 is 0 Å². The number of rotatable bonds is 8. The van der Waals surface area contributed by atoms with Gasteiger partial charge in [0.15, 0.2) is 18.1 Å². The second-order valence-electron chi connectivity index (χ2n) is 9.03. The molecule has 0 spiro atoms. The van der Waals surface area contributed by atoms with Crippen molar-refractivity contribution in [3.8, 4) is 11.5 Å². The zero-order chi connectivity index (χ0) is 29.6. The topological polar surface area (TPSA) is 105 Å². The van der Waals surface area contributed by atoms with Crippen LogP contribution in [0.5, 0.6) is 11.5 Å². The van der Waals surface area contributed by atoms with E-state index in [1.54, 1.807) is 84.9 Å². The first-order chi connectivity index (χ1) is 20.4. The number of para-hydroxylation sites is 3. The summed E-state index contributed by atoms with van der Waals surface area (Å²) in [5.41, 5.74) is 1.55. The lowest BCUT2D eigenvalue weighted by molar-refractivity contribution is -0.121. The molecule has 0 radical (unpaired) electrons. The number of ether oxygens (including phenoxy) is 2. The van der Waals surface area contributed by atoms with Gasteiger partial charge in [-0.2, -0.15) is 0 Å². The van der Waals surface area contributed by atoms with E-state index < -0.39 is 17.8 Å². The Morgan fingerprint density at radius 2 is 1.33 bits per heavy atom. The number of nitrogens with zero attached hydrogens (tertiary/aromatic N) is 2. The second kappa shape index (κ2) is 12.7. The normalized spacial score (nSPS) is 13.2. The first-order valence-corrected chi connectivity index (χ1v) is 13.8. The molecule has 1 saturated heterocycles. The van der Waals surface area contributed by atoms with E-state index in [9.17, 15) is 19.2 Å². The molecule has 0 atom stereocenters. The Kier molecular flexibility index (Phi) is 8.63. The highest BCUT2D eigenvalue weighted by Crippen LogP contribution is 2.36. The fourth-order valence-electron chi connectivity index (χ4n) is 4.33. The number of carbonyl (C=O) groups excluding carboxylic acids is 4. The largest absolute Gasteiger partial charge is 0.493 e. The molecule has 10 heteroatoms. The van der Waals surface area contributed by atoms with Gasteiger partial charge in [0.1, 0.15) is 5.57 Å². The lowest BCUT2D eigenvalue weighted by Gasteiger charge is -2.34. The minimum atomic E-state index is -0.774. The molecular formula is C32H24IN3O6. The van der Waals surface area contributed by atoms with Gasteiger partial charge in [-0.05, 0) is 82.8 Å². The van der Waals surface area contributed by atoms with E-state index in [2.05, 4.69) is 5.32 Å². The van der Waals surface area contributed by atoms with Crippen molar-refractivity contribution in [3.05, 3.63) is 118 Å². The Hall–Kier alpha value is -4.97. The molecule has 42 heavy (non-hydrogen) atoms. The van der Waals surface area contributed by atoms with Crippen molar-refractivity contribution in [1.82, 2.24) is 0 Å². The average Bonchev–Trinajstić information content (AvgIpc) is 3.00. The van der Waals surface area contributed by atoms with Gasteiger partial charge in [-0.1, -0.05) is 54.6 Å². The van der Waals surface area contributed by atoms with Gasteiger partial charge in [0, 0.05) is 5.69 Å². The van der Waals surface area contributed by atoms with Crippen LogP contribution in [0, 0.1) is 3.57 Å². The van der Waals surface area contributed by atoms with Crippen LogP contribution in [-0.2, 0) is 14.4 Å². The predicted octanol–water partition coefficient (Wildman–Crippen LogP) is 5.90. The summed E-state index contributed by atoms with van der Waals surface area (Å²) in [6.07, 6.45) is 1.42. The summed E-state index contributed by atoms with van der Waals surface area (Å²) in [6, 6.07) is 28.4. The number of imide groups is 2.